The molecular weight excluding hydrogens is 276 g/mol. The number of ether oxygens (including phenoxy) is 1. The number of aryl methyl sites for hydroxylation is 1. The molecule has 2 amide bonds. The van der Waals surface area contributed by atoms with Crippen molar-refractivity contribution >= 4 is 12.1 Å². The monoisotopic (exact) mass is 296 g/mol. The second-order valence-electron chi connectivity index (χ2n) is 4.87. The van der Waals surface area contributed by atoms with E-state index in [1.165, 1.54) is 5.56 Å². The van der Waals surface area contributed by atoms with Crippen LogP contribution in [0.1, 0.15) is 16.7 Å². The Morgan fingerprint density at radius 3 is 2.55 bits per heavy atom. The number of nitrogens with one attached hydrogen (secondary N) is 2. The van der Waals surface area contributed by atoms with Gasteiger partial charge < -0.3 is 15.4 Å². The van der Waals surface area contributed by atoms with E-state index in [2.05, 4.69) is 10.6 Å². The third-order valence-electron chi connectivity index (χ3n) is 3.28. The first kappa shape index (κ1) is 15.6. The maximum Gasteiger partial charge on any atom is 0.319 e. The van der Waals surface area contributed by atoms with Crippen LogP contribution in [0.5, 0.6) is 5.75 Å². The van der Waals surface area contributed by atoms with E-state index in [1.54, 1.807) is 13.3 Å². The van der Waals surface area contributed by atoms with Gasteiger partial charge >= 0.3 is 6.03 Å². The highest BCUT2D eigenvalue weighted by molar-refractivity contribution is 5.76. The molecule has 2 aromatic carbocycles. The first-order valence-electron chi connectivity index (χ1n) is 7.08. The molecule has 0 spiro atoms. The number of carbonyl (C=O) groups is 1. The average molecular weight is 296 g/mol. The van der Waals surface area contributed by atoms with Crippen molar-refractivity contribution < 1.29 is 9.53 Å². The minimum Gasteiger partial charge on any atom is -0.497 e. The van der Waals surface area contributed by atoms with E-state index in [4.69, 9.17) is 4.74 Å². The Morgan fingerprint density at radius 1 is 1.14 bits per heavy atom. The van der Waals surface area contributed by atoms with Crippen LogP contribution in [0.2, 0.25) is 0 Å². The highest BCUT2D eigenvalue weighted by atomic mass is 16.5. The molecule has 0 saturated heterocycles. The van der Waals surface area contributed by atoms with Gasteiger partial charge in [0.25, 0.3) is 0 Å². The molecule has 114 valence electrons. The molecular formula is C18H20N2O2. The van der Waals surface area contributed by atoms with Gasteiger partial charge in [0, 0.05) is 12.7 Å². The molecule has 22 heavy (non-hydrogen) atoms. The van der Waals surface area contributed by atoms with Crippen LogP contribution in [0, 0.1) is 6.92 Å². The number of urea groups is 1. The third kappa shape index (κ3) is 4.66. The van der Waals surface area contributed by atoms with E-state index in [9.17, 15) is 4.79 Å². The number of carbonyl (C=O) groups excluding carboxylic acids is 1. The summed E-state index contributed by atoms with van der Waals surface area (Å²) in [5.41, 5.74) is 3.26. The third-order valence-corrected chi connectivity index (χ3v) is 3.28. The second kappa shape index (κ2) is 7.88. The summed E-state index contributed by atoms with van der Waals surface area (Å²) in [5.74, 6) is 0.800. The summed E-state index contributed by atoms with van der Waals surface area (Å²) >= 11 is 0. The van der Waals surface area contributed by atoms with E-state index in [0.717, 1.165) is 16.9 Å². The van der Waals surface area contributed by atoms with Gasteiger partial charge in [-0.3, -0.25) is 0 Å². The van der Waals surface area contributed by atoms with Gasteiger partial charge in [0.05, 0.1) is 7.11 Å². The summed E-state index contributed by atoms with van der Waals surface area (Å²) in [6.45, 7) is 2.50. The largest absolute Gasteiger partial charge is 0.497 e. The summed E-state index contributed by atoms with van der Waals surface area (Å²) in [6, 6.07) is 15.3. The first-order chi connectivity index (χ1) is 10.7. The van der Waals surface area contributed by atoms with Crippen LogP contribution in [-0.4, -0.2) is 13.1 Å². The Hall–Kier alpha value is -2.75. The zero-order valence-electron chi connectivity index (χ0n) is 12.8. The number of hydrogen-bond acceptors (Lipinski definition) is 2. The molecule has 0 unspecified atom stereocenters. The summed E-state index contributed by atoms with van der Waals surface area (Å²) in [6.07, 6.45) is 3.52. The Labute approximate surface area is 130 Å². The fourth-order valence-corrected chi connectivity index (χ4v) is 1.96. The minimum atomic E-state index is -0.236. The van der Waals surface area contributed by atoms with E-state index in [1.807, 2.05) is 61.5 Å². The van der Waals surface area contributed by atoms with Gasteiger partial charge in [0.15, 0.2) is 0 Å². The molecule has 2 aromatic rings. The Bertz CT molecular complexity index is 648. The van der Waals surface area contributed by atoms with Crippen molar-refractivity contribution in [2.75, 3.05) is 7.11 Å². The minimum absolute atomic E-state index is 0.236. The first-order valence-corrected chi connectivity index (χ1v) is 7.08. The summed E-state index contributed by atoms with van der Waals surface area (Å²) in [4.78, 5) is 11.7. The van der Waals surface area contributed by atoms with Gasteiger partial charge in [-0.2, -0.15) is 0 Å². The molecule has 2 N–H and O–H groups in total. The lowest BCUT2D eigenvalue weighted by molar-refractivity contribution is 0.244. The number of rotatable bonds is 5. The summed E-state index contributed by atoms with van der Waals surface area (Å²) < 4.78 is 5.09. The Morgan fingerprint density at radius 2 is 1.86 bits per heavy atom. The van der Waals surface area contributed by atoms with Crippen molar-refractivity contribution in [3.8, 4) is 5.75 Å². The van der Waals surface area contributed by atoms with Crippen LogP contribution < -0.4 is 15.4 Å². The van der Waals surface area contributed by atoms with Crippen molar-refractivity contribution in [2.45, 2.75) is 13.5 Å². The van der Waals surface area contributed by atoms with Crippen molar-refractivity contribution in [3.05, 3.63) is 71.4 Å². The predicted molar refractivity (Wildman–Crippen MR) is 88.6 cm³/mol. The molecule has 0 radical (unpaired) electrons. The number of benzene rings is 2. The number of methoxy groups -OCH3 is 1. The van der Waals surface area contributed by atoms with Gasteiger partial charge in [-0.25, -0.2) is 4.79 Å². The molecule has 0 saturated carbocycles. The van der Waals surface area contributed by atoms with Crippen molar-refractivity contribution in [1.82, 2.24) is 10.6 Å². The summed E-state index contributed by atoms with van der Waals surface area (Å²) in [5, 5.41) is 5.49. The molecule has 0 heterocycles. The van der Waals surface area contributed by atoms with Crippen molar-refractivity contribution in [2.24, 2.45) is 0 Å². The van der Waals surface area contributed by atoms with Gasteiger partial charge in [0.1, 0.15) is 5.75 Å². The van der Waals surface area contributed by atoms with Crippen LogP contribution in [0.15, 0.2) is 54.7 Å². The maximum atomic E-state index is 11.7. The maximum absolute atomic E-state index is 11.7. The molecule has 0 atom stereocenters. The van der Waals surface area contributed by atoms with Crippen LogP contribution >= 0.6 is 0 Å². The topological polar surface area (TPSA) is 50.4 Å². The van der Waals surface area contributed by atoms with Crippen LogP contribution in [0.3, 0.4) is 0 Å². The van der Waals surface area contributed by atoms with Gasteiger partial charge in [-0.05, 0) is 41.8 Å². The molecule has 0 fully saturated rings. The van der Waals surface area contributed by atoms with E-state index in [-0.39, 0.29) is 6.03 Å². The highest BCUT2D eigenvalue weighted by Crippen LogP contribution is 2.11. The molecule has 4 heteroatoms. The number of amides is 2. The Balaban J connectivity index is 1.79. The highest BCUT2D eigenvalue weighted by Gasteiger charge is 1.99. The molecule has 0 aliphatic rings. The fourth-order valence-electron chi connectivity index (χ4n) is 1.96. The number of hydrogen-bond donors (Lipinski definition) is 2. The SMILES string of the molecule is COc1ccc(CNC(=O)N/C=C/c2ccccc2C)cc1. The lowest BCUT2D eigenvalue weighted by atomic mass is 10.1. The standard InChI is InChI=1S/C18H20N2O2/c1-14-5-3-4-6-16(14)11-12-19-18(21)20-13-15-7-9-17(22-2)10-8-15/h3-12H,13H2,1-2H3,(H2,19,20,21)/b12-11+. The van der Waals surface area contributed by atoms with Crippen molar-refractivity contribution in [3.63, 3.8) is 0 Å². The van der Waals surface area contributed by atoms with Gasteiger partial charge in [0.2, 0.25) is 0 Å². The normalized spacial score (nSPS) is 10.5. The van der Waals surface area contributed by atoms with Gasteiger partial charge in [-0.15, -0.1) is 0 Å². The fraction of sp³-hybridized carbons (Fsp3) is 0.167. The predicted octanol–water partition coefficient (Wildman–Crippen LogP) is 3.47. The van der Waals surface area contributed by atoms with Crippen molar-refractivity contribution in [1.29, 1.82) is 0 Å². The molecule has 0 aliphatic carbocycles. The molecule has 0 bridgehead atoms. The van der Waals surface area contributed by atoms with Gasteiger partial charge in [-0.1, -0.05) is 36.4 Å². The lowest BCUT2D eigenvalue weighted by Gasteiger charge is -2.06. The van der Waals surface area contributed by atoms with E-state index < -0.39 is 0 Å². The van der Waals surface area contributed by atoms with E-state index in [0.29, 0.717) is 6.54 Å². The van der Waals surface area contributed by atoms with E-state index >= 15 is 0 Å². The summed E-state index contributed by atoms with van der Waals surface area (Å²) in [7, 11) is 1.63. The molecule has 4 nitrogen and oxygen atoms in total. The molecule has 2 rings (SSSR count). The van der Waals surface area contributed by atoms with Crippen LogP contribution in [0.25, 0.3) is 6.08 Å². The Kier molecular flexibility index (Phi) is 5.60. The van der Waals surface area contributed by atoms with Crippen LogP contribution in [0.4, 0.5) is 4.79 Å². The molecule has 0 aromatic heterocycles. The average Bonchev–Trinajstić information content (AvgIpc) is 2.55. The lowest BCUT2D eigenvalue weighted by Crippen LogP contribution is -2.31. The molecule has 0 aliphatic heterocycles. The smallest absolute Gasteiger partial charge is 0.319 e. The zero-order chi connectivity index (χ0) is 15.8. The zero-order valence-corrected chi connectivity index (χ0v) is 12.8. The quantitative estimate of drug-likeness (QED) is 0.887. The second-order valence-corrected chi connectivity index (χ2v) is 4.87. The van der Waals surface area contributed by atoms with Crippen LogP contribution in [-0.2, 0) is 6.54 Å².